The van der Waals surface area contributed by atoms with Gasteiger partial charge in [0.1, 0.15) is 0 Å². The fourth-order valence-corrected chi connectivity index (χ4v) is 2.08. The highest BCUT2D eigenvalue weighted by molar-refractivity contribution is 5.85. The minimum Gasteiger partial charge on any atom is -0.312 e. The SMILES string of the molecule is C[C@@H]1CN(C/C=C/c2ccccc2)CCN1.Cl. The summed E-state index contributed by atoms with van der Waals surface area (Å²) in [6.07, 6.45) is 4.46. The van der Waals surface area contributed by atoms with Crippen LogP contribution >= 0.6 is 12.4 Å². The Morgan fingerprint density at radius 2 is 2.12 bits per heavy atom. The first-order valence-corrected chi connectivity index (χ1v) is 6.02. The van der Waals surface area contributed by atoms with Crippen molar-refractivity contribution in [1.82, 2.24) is 10.2 Å². The van der Waals surface area contributed by atoms with Crippen LogP contribution < -0.4 is 5.32 Å². The van der Waals surface area contributed by atoms with Crippen LogP contribution in [0.5, 0.6) is 0 Å². The lowest BCUT2D eigenvalue weighted by Crippen LogP contribution is -2.49. The first-order chi connectivity index (χ1) is 7.84. The Morgan fingerprint density at radius 1 is 1.35 bits per heavy atom. The smallest absolute Gasteiger partial charge is 0.0167 e. The lowest BCUT2D eigenvalue weighted by Gasteiger charge is -2.30. The van der Waals surface area contributed by atoms with Gasteiger partial charge in [0.05, 0.1) is 0 Å². The Kier molecular flexibility index (Phi) is 6.27. The normalized spacial score (nSPS) is 21.4. The van der Waals surface area contributed by atoms with Gasteiger partial charge in [-0.2, -0.15) is 0 Å². The zero-order valence-corrected chi connectivity index (χ0v) is 11.1. The maximum Gasteiger partial charge on any atom is 0.0167 e. The van der Waals surface area contributed by atoms with Crippen LogP contribution in [-0.4, -0.2) is 37.1 Å². The van der Waals surface area contributed by atoms with E-state index in [4.69, 9.17) is 0 Å². The average molecular weight is 253 g/mol. The van der Waals surface area contributed by atoms with Crippen LogP contribution in [0.2, 0.25) is 0 Å². The monoisotopic (exact) mass is 252 g/mol. The van der Waals surface area contributed by atoms with Crippen molar-refractivity contribution in [3.05, 3.63) is 42.0 Å². The Hall–Kier alpha value is -0.830. The molecule has 1 N–H and O–H groups in total. The predicted molar refractivity (Wildman–Crippen MR) is 76.6 cm³/mol. The maximum atomic E-state index is 3.45. The van der Waals surface area contributed by atoms with Crippen LogP contribution in [0, 0.1) is 0 Å². The van der Waals surface area contributed by atoms with Gasteiger partial charge in [0.15, 0.2) is 0 Å². The predicted octanol–water partition coefficient (Wildman–Crippen LogP) is 2.42. The van der Waals surface area contributed by atoms with Crippen molar-refractivity contribution in [3.63, 3.8) is 0 Å². The molecule has 0 aromatic heterocycles. The van der Waals surface area contributed by atoms with Crippen LogP contribution in [0.15, 0.2) is 36.4 Å². The second-order valence-corrected chi connectivity index (χ2v) is 4.43. The molecular weight excluding hydrogens is 232 g/mol. The molecule has 1 heterocycles. The second-order valence-electron chi connectivity index (χ2n) is 4.43. The first-order valence-electron chi connectivity index (χ1n) is 6.02. The second kappa shape index (κ2) is 7.49. The van der Waals surface area contributed by atoms with E-state index in [2.05, 4.69) is 59.6 Å². The molecule has 0 saturated carbocycles. The van der Waals surface area contributed by atoms with E-state index in [1.54, 1.807) is 0 Å². The van der Waals surface area contributed by atoms with Crippen molar-refractivity contribution in [2.75, 3.05) is 26.2 Å². The van der Waals surface area contributed by atoms with E-state index in [1.165, 1.54) is 5.56 Å². The highest BCUT2D eigenvalue weighted by Crippen LogP contribution is 2.03. The van der Waals surface area contributed by atoms with Gasteiger partial charge < -0.3 is 5.32 Å². The molecule has 3 heteroatoms. The van der Waals surface area contributed by atoms with E-state index in [1.807, 2.05) is 0 Å². The molecular formula is C14H21ClN2. The van der Waals surface area contributed by atoms with Gasteiger partial charge in [-0.3, -0.25) is 4.90 Å². The Balaban J connectivity index is 0.00000144. The van der Waals surface area contributed by atoms with E-state index in [-0.39, 0.29) is 12.4 Å². The van der Waals surface area contributed by atoms with Gasteiger partial charge in [-0.05, 0) is 12.5 Å². The third-order valence-electron chi connectivity index (χ3n) is 2.93. The fourth-order valence-electron chi connectivity index (χ4n) is 2.08. The molecule has 1 aliphatic heterocycles. The Bertz CT molecular complexity index is 337. The van der Waals surface area contributed by atoms with Crippen molar-refractivity contribution in [1.29, 1.82) is 0 Å². The molecule has 0 aliphatic carbocycles. The molecule has 1 atom stereocenters. The summed E-state index contributed by atoms with van der Waals surface area (Å²) in [7, 11) is 0. The van der Waals surface area contributed by atoms with Gasteiger partial charge in [0, 0.05) is 32.2 Å². The molecule has 17 heavy (non-hydrogen) atoms. The summed E-state index contributed by atoms with van der Waals surface area (Å²) < 4.78 is 0. The lowest BCUT2D eigenvalue weighted by molar-refractivity contribution is 0.227. The molecule has 1 aromatic carbocycles. The largest absolute Gasteiger partial charge is 0.312 e. The van der Waals surface area contributed by atoms with E-state index in [0.29, 0.717) is 6.04 Å². The van der Waals surface area contributed by atoms with Gasteiger partial charge in [-0.1, -0.05) is 42.5 Å². The zero-order valence-electron chi connectivity index (χ0n) is 10.3. The molecule has 0 unspecified atom stereocenters. The summed E-state index contributed by atoms with van der Waals surface area (Å²) in [5, 5.41) is 3.45. The molecule has 1 saturated heterocycles. The number of rotatable bonds is 3. The van der Waals surface area contributed by atoms with Crippen LogP contribution in [0.3, 0.4) is 0 Å². The van der Waals surface area contributed by atoms with Crippen LogP contribution in [0.4, 0.5) is 0 Å². The summed E-state index contributed by atoms with van der Waals surface area (Å²) in [4.78, 5) is 2.49. The van der Waals surface area contributed by atoms with Gasteiger partial charge in [0.25, 0.3) is 0 Å². The topological polar surface area (TPSA) is 15.3 Å². The van der Waals surface area contributed by atoms with Gasteiger partial charge >= 0.3 is 0 Å². The zero-order chi connectivity index (χ0) is 11.2. The molecule has 0 spiro atoms. The lowest BCUT2D eigenvalue weighted by atomic mass is 10.2. The van der Waals surface area contributed by atoms with E-state index in [9.17, 15) is 0 Å². The third-order valence-corrected chi connectivity index (χ3v) is 2.93. The Morgan fingerprint density at radius 3 is 2.82 bits per heavy atom. The summed E-state index contributed by atoms with van der Waals surface area (Å²) in [6, 6.07) is 11.1. The molecule has 0 amide bonds. The van der Waals surface area contributed by atoms with Crippen molar-refractivity contribution in [2.45, 2.75) is 13.0 Å². The van der Waals surface area contributed by atoms with E-state index >= 15 is 0 Å². The summed E-state index contributed by atoms with van der Waals surface area (Å²) in [6.45, 7) is 6.72. The van der Waals surface area contributed by atoms with Crippen molar-refractivity contribution in [2.24, 2.45) is 0 Å². The number of nitrogens with one attached hydrogen (secondary N) is 1. The molecule has 1 aromatic rings. The van der Waals surface area contributed by atoms with Crippen LogP contribution in [0.1, 0.15) is 12.5 Å². The molecule has 1 aliphatic rings. The molecule has 1 fully saturated rings. The number of hydrogen-bond donors (Lipinski definition) is 1. The standard InChI is InChI=1S/C14H20N2.ClH/c1-13-12-16(11-9-15-13)10-5-8-14-6-3-2-4-7-14;/h2-8,13,15H,9-12H2,1H3;1H/b8-5+;/t13-;/m1./s1. The van der Waals surface area contributed by atoms with Gasteiger partial charge in [0.2, 0.25) is 0 Å². The number of piperazine rings is 1. The van der Waals surface area contributed by atoms with E-state index in [0.717, 1.165) is 26.2 Å². The Labute approximate surface area is 110 Å². The molecule has 2 rings (SSSR count). The van der Waals surface area contributed by atoms with Crippen LogP contribution in [-0.2, 0) is 0 Å². The van der Waals surface area contributed by atoms with Crippen molar-refractivity contribution < 1.29 is 0 Å². The molecule has 0 radical (unpaired) electrons. The summed E-state index contributed by atoms with van der Waals surface area (Å²) >= 11 is 0. The number of nitrogens with zero attached hydrogens (tertiary/aromatic N) is 1. The summed E-state index contributed by atoms with van der Waals surface area (Å²) in [5.74, 6) is 0. The third kappa shape index (κ3) is 4.90. The average Bonchev–Trinajstić information content (AvgIpc) is 2.30. The van der Waals surface area contributed by atoms with Crippen molar-refractivity contribution >= 4 is 18.5 Å². The number of benzene rings is 1. The molecule has 94 valence electrons. The van der Waals surface area contributed by atoms with Crippen molar-refractivity contribution in [3.8, 4) is 0 Å². The highest BCUT2D eigenvalue weighted by Gasteiger charge is 2.13. The highest BCUT2D eigenvalue weighted by atomic mass is 35.5. The minimum absolute atomic E-state index is 0. The minimum atomic E-state index is 0. The van der Waals surface area contributed by atoms with E-state index < -0.39 is 0 Å². The summed E-state index contributed by atoms with van der Waals surface area (Å²) in [5.41, 5.74) is 1.28. The van der Waals surface area contributed by atoms with Gasteiger partial charge in [-0.25, -0.2) is 0 Å². The van der Waals surface area contributed by atoms with Gasteiger partial charge in [-0.15, -0.1) is 12.4 Å². The number of halogens is 1. The molecule has 2 nitrogen and oxygen atoms in total. The fraction of sp³-hybridized carbons (Fsp3) is 0.429. The number of hydrogen-bond acceptors (Lipinski definition) is 2. The first kappa shape index (κ1) is 14.2. The molecule has 0 bridgehead atoms. The maximum absolute atomic E-state index is 3.45. The van der Waals surface area contributed by atoms with Crippen LogP contribution in [0.25, 0.3) is 6.08 Å². The quantitative estimate of drug-likeness (QED) is 0.889.